The third kappa shape index (κ3) is 3.44. The minimum atomic E-state index is -0.620. The molecule has 0 radical (unpaired) electrons. The second kappa shape index (κ2) is 6.97. The number of ether oxygens (including phenoxy) is 1. The number of benzene rings is 1. The monoisotopic (exact) mass is 249 g/mol. The van der Waals surface area contributed by atoms with E-state index in [2.05, 4.69) is 17.4 Å². The first-order chi connectivity index (χ1) is 8.71. The van der Waals surface area contributed by atoms with E-state index in [9.17, 15) is 10.2 Å². The lowest BCUT2D eigenvalue weighted by Gasteiger charge is -2.28. The van der Waals surface area contributed by atoms with Gasteiger partial charge in [0.05, 0.1) is 25.2 Å². The van der Waals surface area contributed by atoms with Crippen molar-refractivity contribution in [2.75, 3.05) is 19.8 Å². The lowest BCUT2D eigenvalue weighted by Crippen LogP contribution is -2.35. The first kappa shape index (κ1) is 14.5. The van der Waals surface area contributed by atoms with Crippen LogP contribution < -0.4 is 4.74 Å². The van der Waals surface area contributed by atoms with Gasteiger partial charge in [0.1, 0.15) is 11.4 Å². The molecule has 0 spiro atoms. The van der Waals surface area contributed by atoms with Crippen LogP contribution in [0.1, 0.15) is 13.3 Å². The molecule has 2 N–H and O–H groups in total. The standard InChI is InChI=1S/C14H19NO3/c1-3-14(9-16,10-17)11-18-13-8-6-5-7-12(13)15-4-2/h5-8,16-17H,2-3,9-11H2,1H3. The second-order valence-electron chi connectivity index (χ2n) is 4.20. The van der Waals surface area contributed by atoms with Gasteiger partial charge >= 0.3 is 0 Å². The highest BCUT2D eigenvalue weighted by Gasteiger charge is 2.28. The van der Waals surface area contributed by atoms with Crippen molar-refractivity contribution in [2.24, 2.45) is 10.4 Å². The Morgan fingerprint density at radius 3 is 2.56 bits per heavy atom. The summed E-state index contributed by atoms with van der Waals surface area (Å²) in [6.07, 6.45) is 0.632. The summed E-state index contributed by atoms with van der Waals surface area (Å²) in [7, 11) is 0. The first-order valence-corrected chi connectivity index (χ1v) is 5.87. The van der Waals surface area contributed by atoms with E-state index < -0.39 is 5.41 Å². The zero-order chi connectivity index (χ0) is 13.4. The lowest BCUT2D eigenvalue weighted by molar-refractivity contribution is 0.0116. The molecule has 0 fully saturated rings. The Morgan fingerprint density at radius 2 is 2.00 bits per heavy atom. The number of aliphatic hydroxyl groups is 2. The van der Waals surface area contributed by atoms with Crippen molar-refractivity contribution in [2.45, 2.75) is 13.3 Å². The fraction of sp³-hybridized carbons (Fsp3) is 0.429. The Balaban J connectivity index is 2.82. The smallest absolute Gasteiger partial charge is 0.145 e. The molecular formula is C14H19NO3. The van der Waals surface area contributed by atoms with Crippen LogP contribution in [0, 0.1) is 5.41 Å². The van der Waals surface area contributed by atoms with Crippen LogP contribution in [0.25, 0.3) is 0 Å². The van der Waals surface area contributed by atoms with Gasteiger partial charge in [-0.1, -0.05) is 19.1 Å². The fourth-order valence-electron chi connectivity index (χ4n) is 1.45. The Morgan fingerprint density at radius 1 is 1.33 bits per heavy atom. The average molecular weight is 249 g/mol. The van der Waals surface area contributed by atoms with Crippen LogP contribution in [0.5, 0.6) is 5.75 Å². The average Bonchev–Trinajstić information content (AvgIpc) is 2.43. The highest BCUT2D eigenvalue weighted by Crippen LogP contribution is 2.29. The van der Waals surface area contributed by atoms with E-state index in [1.54, 1.807) is 12.1 Å². The van der Waals surface area contributed by atoms with Gasteiger partial charge in [-0.2, -0.15) is 0 Å². The van der Waals surface area contributed by atoms with Crippen LogP contribution in [0.15, 0.2) is 35.8 Å². The molecule has 0 heterocycles. The summed E-state index contributed by atoms with van der Waals surface area (Å²) in [5, 5.41) is 18.7. The van der Waals surface area contributed by atoms with Gasteiger partial charge in [0.2, 0.25) is 0 Å². The number of rotatable bonds is 7. The van der Waals surface area contributed by atoms with Gasteiger partial charge in [0, 0.05) is 0 Å². The van der Waals surface area contributed by atoms with Crippen molar-refractivity contribution in [3.05, 3.63) is 30.8 Å². The molecule has 1 aromatic carbocycles. The molecule has 4 heteroatoms. The topological polar surface area (TPSA) is 62.0 Å². The predicted molar refractivity (Wildman–Crippen MR) is 71.6 cm³/mol. The zero-order valence-corrected chi connectivity index (χ0v) is 10.6. The minimum absolute atomic E-state index is 0.118. The molecule has 0 saturated heterocycles. The van der Waals surface area contributed by atoms with Crippen LogP contribution in [0.2, 0.25) is 0 Å². The highest BCUT2D eigenvalue weighted by molar-refractivity contribution is 5.61. The SMILES string of the molecule is C=C=Nc1ccccc1OCC(CC)(CO)CO. The molecule has 4 nitrogen and oxygen atoms in total. The summed E-state index contributed by atoms with van der Waals surface area (Å²) >= 11 is 0. The maximum atomic E-state index is 9.34. The van der Waals surface area contributed by atoms with Gasteiger partial charge < -0.3 is 14.9 Å². The Hall–Kier alpha value is -1.61. The van der Waals surface area contributed by atoms with Crippen molar-refractivity contribution in [3.8, 4) is 5.75 Å². The van der Waals surface area contributed by atoms with Crippen molar-refractivity contribution >= 4 is 11.6 Å². The summed E-state index contributed by atoms with van der Waals surface area (Å²) in [5.41, 5.74) is 0.0127. The molecule has 18 heavy (non-hydrogen) atoms. The van der Waals surface area contributed by atoms with E-state index in [1.165, 1.54) is 0 Å². The van der Waals surface area contributed by atoms with E-state index in [0.717, 1.165) is 0 Å². The normalized spacial score (nSPS) is 10.8. The van der Waals surface area contributed by atoms with Crippen molar-refractivity contribution in [1.29, 1.82) is 0 Å². The van der Waals surface area contributed by atoms with Gasteiger partial charge in [-0.15, -0.1) is 0 Å². The molecule has 0 bridgehead atoms. The van der Waals surface area contributed by atoms with Gasteiger partial charge in [0.25, 0.3) is 0 Å². The van der Waals surface area contributed by atoms with Gasteiger partial charge in [0.15, 0.2) is 0 Å². The molecule has 0 saturated carbocycles. The van der Waals surface area contributed by atoms with Crippen LogP contribution in [-0.2, 0) is 0 Å². The number of aliphatic hydroxyl groups excluding tert-OH is 2. The second-order valence-corrected chi connectivity index (χ2v) is 4.20. The molecule has 98 valence electrons. The third-order valence-corrected chi connectivity index (χ3v) is 3.02. The molecule has 0 atom stereocenters. The number of aliphatic imine (C=N–C) groups is 1. The molecule has 0 aliphatic carbocycles. The summed E-state index contributed by atoms with van der Waals surface area (Å²) in [4.78, 5) is 3.97. The quantitative estimate of drug-likeness (QED) is 0.726. The molecule has 0 aliphatic heterocycles. The van der Waals surface area contributed by atoms with Crippen molar-refractivity contribution in [3.63, 3.8) is 0 Å². The van der Waals surface area contributed by atoms with E-state index in [1.807, 2.05) is 19.1 Å². The van der Waals surface area contributed by atoms with Gasteiger partial charge in [-0.3, -0.25) is 0 Å². The van der Waals surface area contributed by atoms with Gasteiger partial charge in [-0.25, -0.2) is 4.99 Å². The third-order valence-electron chi connectivity index (χ3n) is 3.02. The summed E-state index contributed by atoms with van der Waals surface area (Å²) in [5.74, 6) is 3.05. The number of para-hydroxylation sites is 2. The fourth-order valence-corrected chi connectivity index (χ4v) is 1.45. The lowest BCUT2D eigenvalue weighted by atomic mass is 9.88. The van der Waals surface area contributed by atoms with Crippen LogP contribution in [0.4, 0.5) is 5.69 Å². The summed E-state index contributed by atoms with van der Waals surface area (Å²) in [6, 6.07) is 7.25. The first-order valence-electron chi connectivity index (χ1n) is 5.87. The van der Waals surface area contributed by atoms with Crippen LogP contribution in [0.3, 0.4) is 0 Å². The largest absolute Gasteiger partial charge is 0.491 e. The van der Waals surface area contributed by atoms with E-state index >= 15 is 0 Å². The minimum Gasteiger partial charge on any atom is -0.491 e. The molecule has 0 unspecified atom stereocenters. The van der Waals surface area contributed by atoms with Crippen molar-refractivity contribution in [1.82, 2.24) is 0 Å². The summed E-state index contributed by atoms with van der Waals surface area (Å²) < 4.78 is 5.65. The summed E-state index contributed by atoms with van der Waals surface area (Å²) in [6.45, 7) is 5.33. The maximum absolute atomic E-state index is 9.34. The molecule has 0 amide bonds. The van der Waals surface area contributed by atoms with Crippen molar-refractivity contribution < 1.29 is 14.9 Å². The Kier molecular flexibility index (Phi) is 5.59. The maximum Gasteiger partial charge on any atom is 0.145 e. The number of hydrogen-bond acceptors (Lipinski definition) is 4. The van der Waals surface area contributed by atoms with E-state index in [4.69, 9.17) is 4.74 Å². The zero-order valence-electron chi connectivity index (χ0n) is 10.6. The molecule has 1 aromatic rings. The van der Waals surface area contributed by atoms with E-state index in [0.29, 0.717) is 17.9 Å². The molecule has 0 aliphatic rings. The Labute approximate surface area is 107 Å². The van der Waals surface area contributed by atoms with Crippen LogP contribution in [-0.4, -0.2) is 35.9 Å². The van der Waals surface area contributed by atoms with E-state index in [-0.39, 0.29) is 19.8 Å². The molecule has 1 rings (SSSR count). The Bertz CT molecular complexity index is 413. The highest BCUT2D eigenvalue weighted by atomic mass is 16.5. The molecular weight excluding hydrogens is 230 g/mol. The van der Waals surface area contributed by atoms with Gasteiger partial charge in [-0.05, 0) is 31.0 Å². The molecule has 0 aromatic heterocycles. The number of hydrogen-bond donors (Lipinski definition) is 2. The van der Waals surface area contributed by atoms with Crippen LogP contribution >= 0.6 is 0 Å². The predicted octanol–water partition coefficient (Wildman–Crippen LogP) is 1.93. The number of nitrogens with zero attached hydrogens (tertiary/aromatic N) is 1.